The molecule has 2 rings (SSSR count). The zero-order valence-corrected chi connectivity index (χ0v) is 15.6. The maximum atomic E-state index is 2.56. The molecule has 0 aliphatic heterocycles. The van der Waals surface area contributed by atoms with E-state index >= 15 is 0 Å². The molecule has 21 heavy (non-hydrogen) atoms. The van der Waals surface area contributed by atoms with Crippen LogP contribution in [-0.2, 0) is 16.3 Å². The van der Waals surface area contributed by atoms with Crippen molar-refractivity contribution in [3.8, 4) is 0 Å². The van der Waals surface area contributed by atoms with Crippen molar-refractivity contribution in [1.82, 2.24) is 0 Å². The molecule has 0 aromatic carbocycles. The van der Waals surface area contributed by atoms with Crippen LogP contribution in [0.1, 0.15) is 66.2 Å². The second-order valence-corrected chi connectivity index (χ2v) is 10.2. The van der Waals surface area contributed by atoms with Gasteiger partial charge in [0, 0.05) is 0 Å². The normalized spacial score (nSPS) is 30.7. The van der Waals surface area contributed by atoms with Gasteiger partial charge in [-0.15, -0.1) is 0 Å². The quantitative estimate of drug-likeness (QED) is 0.461. The molecule has 0 heterocycles. The van der Waals surface area contributed by atoms with Crippen molar-refractivity contribution < 1.29 is 16.3 Å². The fourth-order valence-corrected chi connectivity index (χ4v) is 6.03. The fourth-order valence-electron chi connectivity index (χ4n) is 3.23. The summed E-state index contributed by atoms with van der Waals surface area (Å²) in [5.74, 6) is 0. The second kappa shape index (κ2) is 7.20. The molecule has 0 aromatic heterocycles. The number of hydrogen-bond acceptors (Lipinski definition) is 0. The van der Waals surface area contributed by atoms with Gasteiger partial charge in [0.1, 0.15) is 0 Å². The number of unbranched alkanes of at least 4 members (excludes halogenated alkanes) is 2. The average molecular weight is 321 g/mol. The molecule has 1 heteroatoms. The van der Waals surface area contributed by atoms with E-state index in [2.05, 4.69) is 64.2 Å². The first-order chi connectivity index (χ1) is 9.99. The number of allylic oxidation sites excluding steroid dienone is 8. The molecule has 2 aliphatic rings. The third-order valence-electron chi connectivity index (χ3n) is 4.34. The molecule has 0 nitrogen and oxygen atoms in total. The van der Waals surface area contributed by atoms with E-state index in [1.54, 1.807) is 11.1 Å². The molecule has 0 radical (unpaired) electrons. The monoisotopic (exact) mass is 321 g/mol. The fraction of sp³-hybridized carbons (Fsp3) is 0.600. The van der Waals surface area contributed by atoms with Crippen molar-refractivity contribution in [3.63, 3.8) is 0 Å². The Labute approximate surface area is 138 Å². The molecular weight excluding hydrogens is 291 g/mol. The van der Waals surface area contributed by atoms with Gasteiger partial charge in [0.2, 0.25) is 0 Å². The van der Waals surface area contributed by atoms with Crippen LogP contribution >= 0.6 is 0 Å². The predicted octanol–water partition coefficient (Wildman–Crippen LogP) is 6.80. The molecule has 115 valence electrons. The summed E-state index contributed by atoms with van der Waals surface area (Å²) in [7, 11) is 0. The van der Waals surface area contributed by atoms with Crippen LogP contribution in [0.2, 0.25) is 8.25 Å². The van der Waals surface area contributed by atoms with Gasteiger partial charge in [-0.25, -0.2) is 0 Å². The third kappa shape index (κ3) is 4.76. The van der Waals surface area contributed by atoms with Crippen LogP contribution in [-0.4, -0.2) is 0 Å². The zero-order valence-electron chi connectivity index (χ0n) is 14.2. The van der Waals surface area contributed by atoms with E-state index < -0.39 is 0 Å². The molecule has 0 aromatic rings. The summed E-state index contributed by atoms with van der Waals surface area (Å²) in [4.78, 5) is 0. The van der Waals surface area contributed by atoms with Gasteiger partial charge in [-0.05, 0) is 0 Å². The van der Waals surface area contributed by atoms with Crippen molar-refractivity contribution in [2.24, 2.45) is 0 Å². The first-order valence-electron chi connectivity index (χ1n) is 8.54. The molecule has 0 fully saturated rings. The molecule has 0 N–H and O–H groups in total. The Morgan fingerprint density at radius 1 is 0.810 bits per heavy atom. The van der Waals surface area contributed by atoms with Gasteiger partial charge in [0.05, 0.1) is 0 Å². The Bertz CT molecular complexity index is 436. The van der Waals surface area contributed by atoms with Crippen molar-refractivity contribution in [3.05, 3.63) is 47.6 Å². The van der Waals surface area contributed by atoms with E-state index in [1.807, 2.05) is 0 Å². The summed E-state index contributed by atoms with van der Waals surface area (Å²) >= 11 is 0.209. The van der Waals surface area contributed by atoms with E-state index in [0.29, 0.717) is 8.25 Å². The molecule has 2 unspecified atom stereocenters. The SMILES string of the molecule is CCCCC1=C[C](C)([V][C]2(C)C=CC(CCCC)=C2)C=C1. The van der Waals surface area contributed by atoms with Crippen LogP contribution in [0, 0.1) is 0 Å². The van der Waals surface area contributed by atoms with Crippen molar-refractivity contribution >= 4 is 0 Å². The topological polar surface area (TPSA) is 0 Å². The third-order valence-corrected chi connectivity index (χ3v) is 6.72. The van der Waals surface area contributed by atoms with Crippen molar-refractivity contribution in [2.45, 2.75) is 74.5 Å². The summed E-state index contributed by atoms with van der Waals surface area (Å²) in [6, 6.07) is 0. The summed E-state index contributed by atoms with van der Waals surface area (Å²) < 4.78 is 0.657. The second-order valence-electron chi connectivity index (χ2n) is 6.88. The first kappa shape index (κ1) is 16.9. The van der Waals surface area contributed by atoms with E-state index in [1.165, 1.54) is 38.5 Å². The minimum absolute atomic E-state index is 0.209. The van der Waals surface area contributed by atoms with E-state index in [9.17, 15) is 0 Å². The van der Waals surface area contributed by atoms with Gasteiger partial charge in [0.15, 0.2) is 0 Å². The standard InChI is InChI=1S/2C10H15.V/c2*1-3-4-5-10-7-6-9(2)8-10;/h2*6-8H,3-5H2,1-2H3;. The Morgan fingerprint density at radius 3 is 1.62 bits per heavy atom. The van der Waals surface area contributed by atoms with Gasteiger partial charge in [-0.3, -0.25) is 0 Å². The van der Waals surface area contributed by atoms with Crippen LogP contribution in [0.15, 0.2) is 47.6 Å². The molecule has 0 saturated heterocycles. The van der Waals surface area contributed by atoms with Gasteiger partial charge in [0.25, 0.3) is 0 Å². The Morgan fingerprint density at radius 2 is 1.24 bits per heavy atom. The Kier molecular flexibility index (Phi) is 5.80. The molecule has 2 aliphatic carbocycles. The molecular formula is C20H30V. The van der Waals surface area contributed by atoms with E-state index in [0.717, 1.165) is 0 Å². The predicted molar refractivity (Wildman–Crippen MR) is 90.2 cm³/mol. The molecule has 0 saturated carbocycles. The average Bonchev–Trinajstić information content (AvgIpc) is 2.98. The van der Waals surface area contributed by atoms with Crippen molar-refractivity contribution in [2.75, 3.05) is 0 Å². The van der Waals surface area contributed by atoms with Crippen LogP contribution < -0.4 is 0 Å². The van der Waals surface area contributed by atoms with Crippen LogP contribution in [0.3, 0.4) is 0 Å². The molecule has 0 spiro atoms. The molecule has 2 atom stereocenters. The summed E-state index contributed by atoms with van der Waals surface area (Å²) in [5, 5.41) is 0. The van der Waals surface area contributed by atoms with Crippen LogP contribution in [0.25, 0.3) is 0 Å². The van der Waals surface area contributed by atoms with E-state index in [-0.39, 0.29) is 16.3 Å². The molecule has 0 amide bonds. The first-order valence-corrected chi connectivity index (χ1v) is 9.94. The van der Waals surface area contributed by atoms with Crippen LogP contribution in [0.4, 0.5) is 0 Å². The summed E-state index contributed by atoms with van der Waals surface area (Å²) in [5.41, 5.74) is 3.13. The van der Waals surface area contributed by atoms with Crippen molar-refractivity contribution in [1.29, 1.82) is 0 Å². The van der Waals surface area contributed by atoms with Gasteiger partial charge >= 0.3 is 138 Å². The zero-order chi connectivity index (χ0) is 15.3. The Hall–Kier alpha value is -0.456. The van der Waals surface area contributed by atoms with Crippen LogP contribution in [0.5, 0.6) is 0 Å². The number of rotatable bonds is 8. The van der Waals surface area contributed by atoms with Gasteiger partial charge in [-0.1, -0.05) is 0 Å². The van der Waals surface area contributed by atoms with Gasteiger partial charge < -0.3 is 0 Å². The Balaban J connectivity index is 1.99. The number of hydrogen-bond donors (Lipinski definition) is 0. The van der Waals surface area contributed by atoms with Gasteiger partial charge in [-0.2, -0.15) is 0 Å². The molecule has 0 bridgehead atoms. The maximum absolute atomic E-state index is 2.56. The van der Waals surface area contributed by atoms with E-state index in [4.69, 9.17) is 0 Å². The minimum atomic E-state index is 0.209. The summed E-state index contributed by atoms with van der Waals surface area (Å²) in [6.45, 7) is 9.41. The summed E-state index contributed by atoms with van der Waals surface area (Å²) in [6.07, 6.45) is 22.6.